The Morgan fingerprint density at radius 1 is 1.22 bits per heavy atom. The van der Waals surface area contributed by atoms with Gasteiger partial charge in [-0.3, -0.25) is 9.89 Å². The average molecular weight is 361 g/mol. The van der Waals surface area contributed by atoms with Crippen LogP contribution >= 0.6 is 0 Å². The van der Waals surface area contributed by atoms with Crippen molar-refractivity contribution >= 4 is 11.6 Å². The molecule has 2 N–H and O–H groups in total. The SMILES string of the molecule is Cc1ncn(Cc2cccc(NC(=O)c3cc(-c4ccco4)[nH]n3)c2)c1C. The Kier molecular flexibility index (Phi) is 4.33. The summed E-state index contributed by atoms with van der Waals surface area (Å²) in [6.45, 7) is 4.73. The van der Waals surface area contributed by atoms with Crippen LogP contribution < -0.4 is 5.32 Å². The summed E-state index contributed by atoms with van der Waals surface area (Å²) in [4.78, 5) is 16.8. The van der Waals surface area contributed by atoms with Gasteiger partial charge in [0, 0.05) is 24.0 Å². The first-order valence-corrected chi connectivity index (χ1v) is 8.58. The second kappa shape index (κ2) is 6.95. The molecule has 0 bridgehead atoms. The highest BCUT2D eigenvalue weighted by Gasteiger charge is 2.13. The normalized spacial score (nSPS) is 10.9. The minimum absolute atomic E-state index is 0.282. The number of aromatic nitrogens is 4. The fourth-order valence-corrected chi connectivity index (χ4v) is 2.84. The smallest absolute Gasteiger partial charge is 0.276 e. The number of hydrogen-bond donors (Lipinski definition) is 2. The molecule has 0 radical (unpaired) electrons. The maximum Gasteiger partial charge on any atom is 0.276 e. The Morgan fingerprint density at radius 3 is 2.85 bits per heavy atom. The molecular weight excluding hydrogens is 342 g/mol. The number of hydrogen-bond acceptors (Lipinski definition) is 4. The van der Waals surface area contributed by atoms with Gasteiger partial charge in [-0.05, 0) is 43.7 Å². The van der Waals surface area contributed by atoms with E-state index in [-0.39, 0.29) is 5.91 Å². The molecule has 136 valence electrons. The molecule has 0 aliphatic rings. The van der Waals surface area contributed by atoms with Gasteiger partial charge < -0.3 is 14.3 Å². The number of amides is 1. The molecule has 4 rings (SSSR count). The molecule has 1 amide bonds. The van der Waals surface area contributed by atoms with E-state index in [1.54, 1.807) is 24.5 Å². The van der Waals surface area contributed by atoms with Gasteiger partial charge in [0.05, 0.1) is 18.3 Å². The molecule has 0 unspecified atom stereocenters. The first-order chi connectivity index (χ1) is 13.1. The highest BCUT2D eigenvalue weighted by molar-refractivity contribution is 6.03. The Bertz CT molecular complexity index is 1080. The van der Waals surface area contributed by atoms with Crippen molar-refractivity contribution in [3.63, 3.8) is 0 Å². The Balaban J connectivity index is 1.48. The Hall–Kier alpha value is -3.61. The molecule has 3 aromatic heterocycles. The molecule has 1 aromatic carbocycles. The molecular formula is C20H19N5O2. The molecule has 0 saturated heterocycles. The first kappa shape index (κ1) is 16.8. The largest absolute Gasteiger partial charge is 0.463 e. The van der Waals surface area contributed by atoms with Gasteiger partial charge in [0.2, 0.25) is 0 Å². The lowest BCUT2D eigenvalue weighted by molar-refractivity contribution is 0.102. The van der Waals surface area contributed by atoms with Crippen LogP contribution in [0.4, 0.5) is 5.69 Å². The molecule has 7 nitrogen and oxygen atoms in total. The number of benzene rings is 1. The molecule has 0 saturated carbocycles. The van der Waals surface area contributed by atoms with Crippen molar-refractivity contribution in [1.82, 2.24) is 19.7 Å². The molecule has 0 spiro atoms. The molecule has 0 aliphatic heterocycles. The number of carbonyl (C=O) groups excluding carboxylic acids is 1. The van der Waals surface area contributed by atoms with Crippen LogP contribution in [0.3, 0.4) is 0 Å². The highest BCUT2D eigenvalue weighted by atomic mass is 16.3. The number of carbonyl (C=O) groups is 1. The number of nitrogens with one attached hydrogen (secondary N) is 2. The lowest BCUT2D eigenvalue weighted by atomic mass is 10.2. The fraction of sp³-hybridized carbons (Fsp3) is 0.150. The topological polar surface area (TPSA) is 88.7 Å². The number of imidazole rings is 1. The molecule has 0 atom stereocenters. The van der Waals surface area contributed by atoms with Crippen molar-refractivity contribution in [2.75, 3.05) is 5.32 Å². The maximum atomic E-state index is 12.5. The molecule has 0 aliphatic carbocycles. The van der Waals surface area contributed by atoms with Crippen molar-refractivity contribution in [2.24, 2.45) is 0 Å². The van der Waals surface area contributed by atoms with Crippen LogP contribution in [0.1, 0.15) is 27.4 Å². The van der Waals surface area contributed by atoms with E-state index < -0.39 is 0 Å². The van der Waals surface area contributed by atoms with E-state index in [9.17, 15) is 4.79 Å². The monoisotopic (exact) mass is 361 g/mol. The molecule has 3 heterocycles. The van der Waals surface area contributed by atoms with Crippen LogP contribution in [-0.4, -0.2) is 25.7 Å². The quantitative estimate of drug-likeness (QED) is 0.566. The number of furan rings is 1. The lowest BCUT2D eigenvalue weighted by Gasteiger charge is -2.08. The number of nitrogens with zero attached hydrogens (tertiary/aromatic N) is 3. The molecule has 27 heavy (non-hydrogen) atoms. The zero-order chi connectivity index (χ0) is 18.8. The van der Waals surface area contributed by atoms with Gasteiger partial charge >= 0.3 is 0 Å². The summed E-state index contributed by atoms with van der Waals surface area (Å²) in [6, 6.07) is 13.0. The van der Waals surface area contributed by atoms with Crippen molar-refractivity contribution in [2.45, 2.75) is 20.4 Å². The summed E-state index contributed by atoms with van der Waals surface area (Å²) < 4.78 is 7.39. The lowest BCUT2D eigenvalue weighted by Crippen LogP contribution is -2.12. The predicted octanol–water partition coefficient (Wildman–Crippen LogP) is 3.78. The number of aromatic amines is 1. The molecule has 0 fully saturated rings. The van der Waals surface area contributed by atoms with Crippen molar-refractivity contribution < 1.29 is 9.21 Å². The van der Waals surface area contributed by atoms with Gasteiger partial charge in [-0.1, -0.05) is 12.1 Å². The van der Waals surface area contributed by atoms with E-state index in [2.05, 4.69) is 25.1 Å². The third-order valence-corrected chi connectivity index (χ3v) is 4.48. The first-order valence-electron chi connectivity index (χ1n) is 8.58. The van der Waals surface area contributed by atoms with E-state index in [0.29, 0.717) is 23.7 Å². The average Bonchev–Trinajstić information content (AvgIpc) is 3.40. The summed E-state index contributed by atoms with van der Waals surface area (Å²) in [6.07, 6.45) is 3.40. The van der Waals surface area contributed by atoms with Gasteiger partial charge in [-0.2, -0.15) is 5.10 Å². The summed E-state index contributed by atoms with van der Waals surface area (Å²) in [5, 5.41) is 9.76. The van der Waals surface area contributed by atoms with E-state index >= 15 is 0 Å². The summed E-state index contributed by atoms with van der Waals surface area (Å²) in [5.41, 5.74) is 4.90. The van der Waals surface area contributed by atoms with Gasteiger partial charge in [-0.15, -0.1) is 0 Å². The number of aryl methyl sites for hydroxylation is 1. The van der Waals surface area contributed by atoms with Crippen LogP contribution in [-0.2, 0) is 6.54 Å². The predicted molar refractivity (Wildman–Crippen MR) is 101 cm³/mol. The van der Waals surface area contributed by atoms with Crippen LogP contribution in [0.2, 0.25) is 0 Å². The third-order valence-electron chi connectivity index (χ3n) is 4.48. The van der Waals surface area contributed by atoms with Crippen molar-refractivity contribution in [3.8, 4) is 11.5 Å². The van der Waals surface area contributed by atoms with Crippen molar-refractivity contribution in [3.05, 3.63) is 77.7 Å². The Morgan fingerprint density at radius 2 is 2.11 bits per heavy atom. The van der Waals surface area contributed by atoms with E-state index in [4.69, 9.17) is 4.42 Å². The van der Waals surface area contributed by atoms with E-state index in [0.717, 1.165) is 22.6 Å². The van der Waals surface area contributed by atoms with E-state index in [1.807, 2.05) is 44.4 Å². The van der Waals surface area contributed by atoms with E-state index in [1.165, 1.54) is 0 Å². The van der Waals surface area contributed by atoms with Crippen molar-refractivity contribution in [1.29, 1.82) is 0 Å². The van der Waals surface area contributed by atoms with Crippen LogP contribution in [0, 0.1) is 13.8 Å². The Labute approximate surface area is 156 Å². The minimum atomic E-state index is -0.282. The van der Waals surface area contributed by atoms with Crippen LogP contribution in [0.5, 0.6) is 0 Å². The standard InChI is InChI=1S/C20H19N5O2/c1-13-14(2)25(12-21-13)11-15-5-3-6-16(9-15)22-20(26)18-10-17(23-24-18)19-7-4-8-27-19/h3-10,12H,11H2,1-2H3,(H,22,26)(H,23,24). The van der Waals surface area contributed by atoms with Gasteiger partial charge in [0.15, 0.2) is 11.5 Å². The maximum absolute atomic E-state index is 12.5. The third kappa shape index (κ3) is 3.52. The molecule has 7 heteroatoms. The number of anilines is 1. The summed E-state index contributed by atoms with van der Waals surface area (Å²) >= 11 is 0. The van der Waals surface area contributed by atoms with Gasteiger partial charge in [-0.25, -0.2) is 4.98 Å². The number of rotatable bonds is 5. The minimum Gasteiger partial charge on any atom is -0.463 e. The fourth-order valence-electron chi connectivity index (χ4n) is 2.84. The van der Waals surface area contributed by atoms with Gasteiger partial charge in [0.25, 0.3) is 5.91 Å². The zero-order valence-electron chi connectivity index (χ0n) is 15.1. The zero-order valence-corrected chi connectivity index (χ0v) is 15.1. The van der Waals surface area contributed by atoms with Crippen LogP contribution in [0.15, 0.2) is 59.5 Å². The molecule has 4 aromatic rings. The second-order valence-corrected chi connectivity index (χ2v) is 6.34. The summed E-state index contributed by atoms with van der Waals surface area (Å²) in [5.74, 6) is 0.352. The van der Waals surface area contributed by atoms with Gasteiger partial charge in [0.1, 0.15) is 5.69 Å². The number of H-pyrrole nitrogens is 1. The summed E-state index contributed by atoms with van der Waals surface area (Å²) in [7, 11) is 0. The highest BCUT2D eigenvalue weighted by Crippen LogP contribution is 2.19. The van der Waals surface area contributed by atoms with Crippen LogP contribution in [0.25, 0.3) is 11.5 Å². The second-order valence-electron chi connectivity index (χ2n) is 6.34.